The maximum absolute atomic E-state index is 9.38. The van der Waals surface area contributed by atoms with Crippen LogP contribution in [-0.2, 0) is 0 Å². The standard InChI is InChI=1S/C15H23N5/c1-11-12(2)17-18-14(13(11)10-16)19-6-8-20(9-7-19)15(3,4)5/h6-9H2,1-5H3. The van der Waals surface area contributed by atoms with Crippen molar-refractivity contribution in [3.63, 3.8) is 0 Å². The van der Waals surface area contributed by atoms with Gasteiger partial charge in [0.25, 0.3) is 0 Å². The fraction of sp³-hybridized carbons (Fsp3) is 0.667. The van der Waals surface area contributed by atoms with Crippen molar-refractivity contribution in [2.75, 3.05) is 31.1 Å². The molecule has 20 heavy (non-hydrogen) atoms. The second-order valence-electron chi connectivity index (χ2n) is 6.37. The molecule has 2 heterocycles. The fourth-order valence-corrected chi connectivity index (χ4v) is 2.54. The Morgan fingerprint density at radius 3 is 2.15 bits per heavy atom. The molecule has 1 aromatic rings. The van der Waals surface area contributed by atoms with Gasteiger partial charge in [-0.15, -0.1) is 5.10 Å². The quantitative estimate of drug-likeness (QED) is 0.782. The zero-order chi connectivity index (χ0) is 14.9. The Hall–Kier alpha value is -1.67. The Morgan fingerprint density at radius 2 is 1.65 bits per heavy atom. The summed E-state index contributed by atoms with van der Waals surface area (Å²) >= 11 is 0. The van der Waals surface area contributed by atoms with Crippen molar-refractivity contribution in [2.45, 2.75) is 40.2 Å². The van der Waals surface area contributed by atoms with Gasteiger partial charge in [-0.1, -0.05) is 0 Å². The summed E-state index contributed by atoms with van der Waals surface area (Å²) in [6, 6.07) is 2.29. The predicted molar refractivity (Wildman–Crippen MR) is 79.8 cm³/mol. The Labute approximate surface area is 121 Å². The van der Waals surface area contributed by atoms with E-state index in [1.807, 2.05) is 13.8 Å². The molecule has 108 valence electrons. The molecule has 0 aromatic carbocycles. The predicted octanol–water partition coefficient (Wildman–Crippen LogP) is 1.89. The van der Waals surface area contributed by atoms with Gasteiger partial charge >= 0.3 is 0 Å². The number of piperazine rings is 1. The summed E-state index contributed by atoms with van der Waals surface area (Å²) in [7, 11) is 0. The van der Waals surface area contributed by atoms with Crippen molar-refractivity contribution in [3.05, 3.63) is 16.8 Å². The second-order valence-corrected chi connectivity index (χ2v) is 6.37. The summed E-state index contributed by atoms with van der Waals surface area (Å²) in [5, 5.41) is 17.8. The highest BCUT2D eigenvalue weighted by molar-refractivity contribution is 5.57. The van der Waals surface area contributed by atoms with Crippen LogP contribution < -0.4 is 4.90 Å². The summed E-state index contributed by atoms with van der Waals surface area (Å²) in [4.78, 5) is 4.64. The van der Waals surface area contributed by atoms with Gasteiger partial charge < -0.3 is 4.90 Å². The molecule has 0 aliphatic carbocycles. The van der Waals surface area contributed by atoms with E-state index in [9.17, 15) is 5.26 Å². The first-order valence-corrected chi connectivity index (χ1v) is 7.08. The first kappa shape index (κ1) is 14.7. The third kappa shape index (κ3) is 2.75. The van der Waals surface area contributed by atoms with Gasteiger partial charge in [-0.2, -0.15) is 10.4 Å². The Bertz CT molecular complexity index is 530. The molecule has 0 amide bonds. The first-order chi connectivity index (χ1) is 9.34. The van der Waals surface area contributed by atoms with Crippen LogP contribution in [0.3, 0.4) is 0 Å². The highest BCUT2D eigenvalue weighted by Crippen LogP contribution is 2.24. The van der Waals surface area contributed by atoms with Gasteiger partial charge in [0.15, 0.2) is 5.82 Å². The molecule has 2 rings (SSSR count). The van der Waals surface area contributed by atoms with Crippen LogP contribution in [0.5, 0.6) is 0 Å². The van der Waals surface area contributed by atoms with Crippen LogP contribution in [-0.4, -0.2) is 46.8 Å². The average molecular weight is 273 g/mol. The van der Waals surface area contributed by atoms with E-state index in [2.05, 4.69) is 46.8 Å². The lowest BCUT2D eigenvalue weighted by Crippen LogP contribution is -2.53. The van der Waals surface area contributed by atoms with Gasteiger partial charge in [-0.05, 0) is 40.2 Å². The van der Waals surface area contributed by atoms with Crippen molar-refractivity contribution < 1.29 is 0 Å². The molecule has 0 spiro atoms. The fourth-order valence-electron chi connectivity index (χ4n) is 2.54. The minimum Gasteiger partial charge on any atom is -0.351 e. The topological polar surface area (TPSA) is 56.1 Å². The third-order valence-electron chi connectivity index (χ3n) is 4.08. The van der Waals surface area contributed by atoms with E-state index >= 15 is 0 Å². The summed E-state index contributed by atoms with van der Waals surface area (Å²) in [6.45, 7) is 14.3. The number of hydrogen-bond donors (Lipinski definition) is 0. The molecule has 0 N–H and O–H groups in total. The van der Waals surface area contributed by atoms with Crippen molar-refractivity contribution >= 4 is 5.82 Å². The lowest BCUT2D eigenvalue weighted by Gasteiger charge is -2.42. The van der Waals surface area contributed by atoms with E-state index in [-0.39, 0.29) is 5.54 Å². The Morgan fingerprint density at radius 1 is 1.05 bits per heavy atom. The molecule has 0 saturated carbocycles. The van der Waals surface area contributed by atoms with Gasteiger partial charge in [0.1, 0.15) is 11.6 Å². The van der Waals surface area contributed by atoms with Crippen molar-refractivity contribution in [1.82, 2.24) is 15.1 Å². The van der Waals surface area contributed by atoms with Crippen LogP contribution in [0.15, 0.2) is 0 Å². The van der Waals surface area contributed by atoms with E-state index < -0.39 is 0 Å². The molecule has 1 aliphatic heterocycles. The smallest absolute Gasteiger partial charge is 0.169 e. The Balaban J connectivity index is 2.20. The SMILES string of the molecule is Cc1nnc(N2CCN(C(C)(C)C)CC2)c(C#N)c1C. The van der Waals surface area contributed by atoms with E-state index in [0.717, 1.165) is 43.3 Å². The zero-order valence-electron chi connectivity index (χ0n) is 13.1. The average Bonchev–Trinajstić information content (AvgIpc) is 2.41. The molecule has 1 saturated heterocycles. The number of nitrogens with zero attached hydrogens (tertiary/aromatic N) is 5. The normalized spacial score (nSPS) is 17.1. The van der Waals surface area contributed by atoms with Crippen LogP contribution >= 0.6 is 0 Å². The minimum absolute atomic E-state index is 0.193. The molecule has 1 aliphatic rings. The van der Waals surface area contributed by atoms with Crippen molar-refractivity contribution in [1.29, 1.82) is 5.26 Å². The van der Waals surface area contributed by atoms with Crippen LogP contribution in [0.1, 0.15) is 37.6 Å². The number of hydrogen-bond acceptors (Lipinski definition) is 5. The van der Waals surface area contributed by atoms with Crippen molar-refractivity contribution in [3.8, 4) is 6.07 Å². The highest BCUT2D eigenvalue weighted by Gasteiger charge is 2.27. The molecule has 1 aromatic heterocycles. The summed E-state index contributed by atoms with van der Waals surface area (Å²) in [6.07, 6.45) is 0. The maximum atomic E-state index is 9.38. The van der Waals surface area contributed by atoms with E-state index in [0.29, 0.717) is 5.56 Å². The lowest BCUT2D eigenvalue weighted by molar-refractivity contribution is 0.128. The molecular formula is C15H23N5. The van der Waals surface area contributed by atoms with Gasteiger partial charge in [-0.25, -0.2) is 0 Å². The highest BCUT2D eigenvalue weighted by atomic mass is 15.3. The lowest BCUT2D eigenvalue weighted by atomic mass is 10.0. The molecule has 0 radical (unpaired) electrons. The minimum atomic E-state index is 0.193. The number of anilines is 1. The number of aromatic nitrogens is 2. The molecular weight excluding hydrogens is 250 g/mol. The van der Waals surface area contributed by atoms with Gasteiger partial charge in [0, 0.05) is 31.7 Å². The molecule has 5 heteroatoms. The number of aryl methyl sites for hydroxylation is 1. The monoisotopic (exact) mass is 273 g/mol. The Kier molecular flexibility index (Phi) is 3.96. The van der Waals surface area contributed by atoms with Gasteiger partial charge in [0.2, 0.25) is 0 Å². The second kappa shape index (κ2) is 5.37. The summed E-state index contributed by atoms with van der Waals surface area (Å²) in [5.74, 6) is 0.740. The van der Waals surface area contributed by atoms with Crippen molar-refractivity contribution in [2.24, 2.45) is 0 Å². The van der Waals surface area contributed by atoms with Crippen LogP contribution in [0.4, 0.5) is 5.82 Å². The van der Waals surface area contributed by atoms with E-state index in [4.69, 9.17) is 0 Å². The third-order valence-corrected chi connectivity index (χ3v) is 4.08. The van der Waals surface area contributed by atoms with E-state index in [1.165, 1.54) is 0 Å². The summed E-state index contributed by atoms with van der Waals surface area (Å²) < 4.78 is 0. The zero-order valence-corrected chi connectivity index (χ0v) is 13.1. The molecule has 0 atom stereocenters. The van der Waals surface area contributed by atoms with Gasteiger partial charge in [0.05, 0.1) is 5.69 Å². The maximum Gasteiger partial charge on any atom is 0.169 e. The van der Waals surface area contributed by atoms with Crippen LogP contribution in [0.2, 0.25) is 0 Å². The van der Waals surface area contributed by atoms with E-state index in [1.54, 1.807) is 0 Å². The summed E-state index contributed by atoms with van der Waals surface area (Å²) in [5.41, 5.74) is 2.63. The van der Waals surface area contributed by atoms with Crippen LogP contribution in [0.25, 0.3) is 0 Å². The largest absolute Gasteiger partial charge is 0.351 e. The first-order valence-electron chi connectivity index (χ1n) is 7.08. The molecule has 0 bridgehead atoms. The molecule has 5 nitrogen and oxygen atoms in total. The molecule has 0 unspecified atom stereocenters. The number of rotatable bonds is 1. The van der Waals surface area contributed by atoms with Gasteiger partial charge in [-0.3, -0.25) is 4.90 Å². The molecule has 1 fully saturated rings. The van der Waals surface area contributed by atoms with Crippen LogP contribution in [0, 0.1) is 25.2 Å². The number of nitriles is 1.